The maximum absolute atomic E-state index is 12.8. The first kappa shape index (κ1) is 25.1. The predicted molar refractivity (Wildman–Crippen MR) is 125 cm³/mol. The third-order valence-corrected chi connectivity index (χ3v) is 5.95. The van der Waals surface area contributed by atoms with Crippen LogP contribution in [0.15, 0.2) is 59.8 Å². The van der Waals surface area contributed by atoms with Gasteiger partial charge in [-0.25, -0.2) is 4.57 Å². The van der Waals surface area contributed by atoms with Crippen molar-refractivity contribution < 1.29 is 28.5 Å². The van der Waals surface area contributed by atoms with E-state index < -0.39 is 13.4 Å². The Kier molecular flexibility index (Phi) is 8.40. The zero-order valence-corrected chi connectivity index (χ0v) is 19.5. The van der Waals surface area contributed by atoms with Gasteiger partial charge in [0.15, 0.2) is 0 Å². The number of oxime groups is 1. The number of nitrogens with two attached hydrogens (primary N) is 1. The minimum Gasteiger partial charge on any atom is -0.396 e. The zero-order chi connectivity index (χ0) is 23.9. The van der Waals surface area contributed by atoms with E-state index >= 15 is 0 Å². The van der Waals surface area contributed by atoms with Gasteiger partial charge in [-0.05, 0) is 49.4 Å². The van der Waals surface area contributed by atoms with E-state index in [0.717, 1.165) is 18.4 Å². The van der Waals surface area contributed by atoms with Gasteiger partial charge in [-0.15, -0.1) is 0 Å². The van der Waals surface area contributed by atoms with Crippen LogP contribution in [0, 0.1) is 0 Å². The number of benzene rings is 2. The highest BCUT2D eigenvalue weighted by Crippen LogP contribution is 2.37. The summed E-state index contributed by atoms with van der Waals surface area (Å²) >= 11 is 0. The molecule has 1 heterocycles. The number of hydrogen-bond acceptors (Lipinski definition) is 6. The van der Waals surface area contributed by atoms with Gasteiger partial charge in [-0.3, -0.25) is 9.32 Å². The Morgan fingerprint density at radius 1 is 1.15 bits per heavy atom. The van der Waals surface area contributed by atoms with Crippen LogP contribution in [-0.2, 0) is 20.3 Å². The molecule has 1 atom stereocenters. The molecule has 1 fully saturated rings. The number of phosphoric ester groups is 1. The average Bonchev–Trinajstić information content (AvgIpc) is 3.20. The number of amides is 1. The normalized spacial score (nSPS) is 19.0. The van der Waals surface area contributed by atoms with Gasteiger partial charge in [0.1, 0.15) is 6.61 Å². The van der Waals surface area contributed by atoms with Crippen LogP contribution in [0.25, 0.3) is 0 Å². The molecule has 1 unspecified atom stereocenters. The molecule has 178 valence electrons. The summed E-state index contributed by atoms with van der Waals surface area (Å²) in [4.78, 5) is 37.6. The van der Waals surface area contributed by atoms with E-state index in [1.165, 1.54) is 5.56 Å². The molecule has 0 aliphatic carbocycles. The van der Waals surface area contributed by atoms with Crippen molar-refractivity contribution >= 4 is 19.4 Å². The van der Waals surface area contributed by atoms with Gasteiger partial charge >= 0.3 is 7.82 Å². The monoisotopic (exact) mass is 475 g/mol. The van der Waals surface area contributed by atoms with E-state index in [2.05, 4.69) is 21.8 Å². The molecule has 33 heavy (non-hydrogen) atoms. The number of carbonyl (C=O) groups excluding carboxylic acids is 1. The summed E-state index contributed by atoms with van der Waals surface area (Å²) < 4.78 is 15.5. The Morgan fingerprint density at radius 3 is 2.48 bits per heavy atom. The minimum absolute atomic E-state index is 0.158. The number of aryl methyl sites for hydroxylation is 1. The van der Waals surface area contributed by atoms with Crippen molar-refractivity contribution in [3.63, 3.8) is 0 Å². The number of hydrogen-bond donors (Lipinski definition) is 3. The topological polar surface area (TPSA) is 135 Å². The molecule has 1 amide bonds. The lowest BCUT2D eigenvalue weighted by atomic mass is 10.0. The number of carbonyl (C=O) groups is 1. The van der Waals surface area contributed by atoms with E-state index in [0.29, 0.717) is 30.8 Å². The van der Waals surface area contributed by atoms with Crippen molar-refractivity contribution in [3.8, 4) is 0 Å². The summed E-state index contributed by atoms with van der Waals surface area (Å²) in [5.74, 6) is -0.197. The summed E-state index contributed by atoms with van der Waals surface area (Å²) in [6, 6.07) is 17.3. The predicted octanol–water partition coefficient (Wildman–Crippen LogP) is 2.71. The standard InChI is InChI=1S/C23H30N3O6P/c1-18(25-31-15-5-8-19-6-3-2-4-7-19)20-9-11-21(12-10-20)22(27)26-14-13-23(24,16-26)17-32-33(28,29)30/h2-4,6-7,9-12H,5,8,13-17,24H2,1H3,(H2,28,29,30)/b25-18+. The molecule has 1 aliphatic rings. The SMILES string of the molecule is C/C(=N\OCCCc1ccccc1)c1ccc(C(=O)N2CCC(N)(COP(=O)(O)O)C2)cc1. The van der Waals surface area contributed by atoms with Gasteiger partial charge in [-0.1, -0.05) is 47.6 Å². The first-order chi connectivity index (χ1) is 15.7. The first-order valence-corrected chi connectivity index (χ1v) is 12.3. The van der Waals surface area contributed by atoms with Gasteiger partial charge in [0, 0.05) is 18.7 Å². The molecule has 0 spiro atoms. The molecule has 2 aromatic rings. The van der Waals surface area contributed by atoms with Crippen LogP contribution in [0.4, 0.5) is 0 Å². The molecule has 0 radical (unpaired) electrons. The van der Waals surface area contributed by atoms with E-state index in [4.69, 9.17) is 20.4 Å². The second kappa shape index (κ2) is 11.0. The van der Waals surface area contributed by atoms with Crippen molar-refractivity contribution in [3.05, 3.63) is 71.3 Å². The summed E-state index contributed by atoms with van der Waals surface area (Å²) in [5.41, 5.74) is 8.48. The molecule has 0 aromatic heterocycles. The van der Waals surface area contributed by atoms with Crippen LogP contribution in [0.2, 0.25) is 0 Å². The van der Waals surface area contributed by atoms with Crippen LogP contribution < -0.4 is 5.73 Å². The summed E-state index contributed by atoms with van der Waals surface area (Å²) in [6.45, 7) is 2.59. The van der Waals surface area contributed by atoms with Crippen molar-refractivity contribution in [1.82, 2.24) is 4.90 Å². The Labute approximate surface area is 193 Å². The molecular formula is C23H30N3O6P. The lowest BCUT2D eigenvalue weighted by Gasteiger charge is -2.24. The molecule has 10 heteroatoms. The largest absolute Gasteiger partial charge is 0.469 e. The summed E-state index contributed by atoms with van der Waals surface area (Å²) in [6.07, 6.45) is 2.19. The molecule has 3 rings (SSSR count). The highest BCUT2D eigenvalue weighted by molar-refractivity contribution is 7.46. The highest BCUT2D eigenvalue weighted by atomic mass is 31.2. The minimum atomic E-state index is -4.61. The molecule has 4 N–H and O–H groups in total. The van der Waals surface area contributed by atoms with Crippen molar-refractivity contribution in [2.45, 2.75) is 31.7 Å². The number of rotatable bonds is 10. The van der Waals surface area contributed by atoms with E-state index in [1.54, 1.807) is 17.0 Å². The van der Waals surface area contributed by atoms with E-state index in [9.17, 15) is 9.36 Å². The van der Waals surface area contributed by atoms with Crippen molar-refractivity contribution in [2.24, 2.45) is 10.9 Å². The fourth-order valence-electron chi connectivity index (χ4n) is 3.62. The fraction of sp³-hybridized carbons (Fsp3) is 0.391. The third-order valence-electron chi connectivity index (χ3n) is 5.49. The van der Waals surface area contributed by atoms with Gasteiger partial charge in [0.2, 0.25) is 0 Å². The van der Waals surface area contributed by atoms with Gasteiger partial charge in [-0.2, -0.15) is 0 Å². The highest BCUT2D eigenvalue weighted by Gasteiger charge is 2.38. The van der Waals surface area contributed by atoms with Crippen LogP contribution in [0.1, 0.15) is 41.3 Å². The van der Waals surface area contributed by atoms with Crippen LogP contribution in [-0.4, -0.2) is 58.1 Å². The Bertz CT molecular complexity index is 1010. The molecule has 1 aliphatic heterocycles. The third kappa shape index (κ3) is 7.77. The van der Waals surface area contributed by atoms with Crippen molar-refractivity contribution in [1.29, 1.82) is 0 Å². The van der Waals surface area contributed by atoms with Gasteiger partial charge in [0.25, 0.3) is 5.91 Å². The quantitative estimate of drug-likeness (QED) is 0.208. The Balaban J connectivity index is 1.48. The van der Waals surface area contributed by atoms with Gasteiger partial charge < -0.3 is 25.3 Å². The van der Waals surface area contributed by atoms with Gasteiger partial charge in [0.05, 0.1) is 17.9 Å². The van der Waals surface area contributed by atoms with E-state index in [1.807, 2.05) is 37.3 Å². The maximum Gasteiger partial charge on any atom is 0.469 e. The molecule has 0 bridgehead atoms. The van der Waals surface area contributed by atoms with Crippen LogP contribution in [0.5, 0.6) is 0 Å². The van der Waals surface area contributed by atoms with Crippen molar-refractivity contribution in [2.75, 3.05) is 26.3 Å². The Hall–Kier alpha value is -2.55. The van der Waals surface area contributed by atoms with Crippen LogP contribution in [0.3, 0.4) is 0 Å². The molecule has 1 saturated heterocycles. The maximum atomic E-state index is 12.8. The second-order valence-electron chi connectivity index (χ2n) is 8.28. The molecule has 2 aromatic carbocycles. The molecule has 9 nitrogen and oxygen atoms in total. The fourth-order valence-corrected chi connectivity index (χ4v) is 4.04. The summed E-state index contributed by atoms with van der Waals surface area (Å²) in [5, 5.41) is 4.16. The smallest absolute Gasteiger partial charge is 0.396 e. The number of nitrogens with zero attached hydrogens (tertiary/aromatic N) is 2. The number of phosphoric acid groups is 1. The average molecular weight is 475 g/mol. The van der Waals surface area contributed by atoms with Crippen LogP contribution >= 0.6 is 7.82 Å². The zero-order valence-electron chi connectivity index (χ0n) is 18.6. The lowest BCUT2D eigenvalue weighted by Crippen LogP contribution is -2.47. The Morgan fingerprint density at radius 2 is 1.82 bits per heavy atom. The summed E-state index contributed by atoms with van der Waals surface area (Å²) in [7, 11) is -4.61. The molecule has 0 saturated carbocycles. The lowest BCUT2D eigenvalue weighted by molar-refractivity contribution is 0.0774. The first-order valence-electron chi connectivity index (χ1n) is 10.7. The molecular weight excluding hydrogens is 445 g/mol. The van der Waals surface area contributed by atoms with E-state index in [-0.39, 0.29) is 19.1 Å². The number of likely N-dealkylation sites (tertiary alicyclic amines) is 1. The second-order valence-corrected chi connectivity index (χ2v) is 9.52.